The van der Waals surface area contributed by atoms with Crippen LogP contribution in [0.15, 0.2) is 22.7 Å². The van der Waals surface area contributed by atoms with Gasteiger partial charge in [0.2, 0.25) is 0 Å². The molecular formula is C14H17BrFNO2. The van der Waals surface area contributed by atoms with E-state index in [4.69, 9.17) is 10.5 Å². The molecular weight excluding hydrogens is 313 g/mol. The number of benzene rings is 1. The van der Waals surface area contributed by atoms with Crippen LogP contribution in [0.2, 0.25) is 0 Å². The summed E-state index contributed by atoms with van der Waals surface area (Å²) in [6, 6.07) is 4.38. The number of halogens is 2. The maximum absolute atomic E-state index is 13.2. The third kappa shape index (κ3) is 3.22. The van der Waals surface area contributed by atoms with E-state index in [0.717, 1.165) is 4.47 Å². The van der Waals surface area contributed by atoms with Gasteiger partial charge in [0, 0.05) is 36.1 Å². The summed E-state index contributed by atoms with van der Waals surface area (Å²) >= 11 is 3.35. The zero-order valence-corrected chi connectivity index (χ0v) is 12.2. The predicted molar refractivity (Wildman–Crippen MR) is 74.4 cm³/mol. The van der Waals surface area contributed by atoms with E-state index in [1.54, 1.807) is 6.07 Å². The summed E-state index contributed by atoms with van der Waals surface area (Å²) in [6.45, 7) is 1.45. The number of carbonyl (C=O) groups excluding carboxylic acids is 1. The van der Waals surface area contributed by atoms with E-state index in [2.05, 4.69) is 15.9 Å². The lowest BCUT2D eigenvalue weighted by atomic mass is 9.74. The number of rotatable bonds is 4. The van der Waals surface area contributed by atoms with Crippen LogP contribution in [0.25, 0.3) is 0 Å². The van der Waals surface area contributed by atoms with Gasteiger partial charge in [-0.25, -0.2) is 4.39 Å². The summed E-state index contributed by atoms with van der Waals surface area (Å²) in [5.74, 6) is -0.260. The third-order valence-corrected chi connectivity index (χ3v) is 4.56. The summed E-state index contributed by atoms with van der Waals surface area (Å²) in [5, 5.41) is 0. The van der Waals surface area contributed by atoms with Gasteiger partial charge >= 0.3 is 0 Å². The van der Waals surface area contributed by atoms with E-state index in [0.29, 0.717) is 38.2 Å². The molecule has 5 heteroatoms. The Bertz CT molecular complexity index is 473. The largest absolute Gasteiger partial charge is 0.381 e. The summed E-state index contributed by atoms with van der Waals surface area (Å²) in [5.41, 5.74) is 5.96. The van der Waals surface area contributed by atoms with Gasteiger partial charge < -0.3 is 10.5 Å². The molecule has 0 spiro atoms. The van der Waals surface area contributed by atoms with Crippen LogP contribution in [-0.4, -0.2) is 25.5 Å². The third-order valence-electron chi connectivity index (χ3n) is 3.79. The quantitative estimate of drug-likeness (QED) is 0.923. The van der Waals surface area contributed by atoms with Crippen molar-refractivity contribution < 1.29 is 13.9 Å². The normalized spacial score (nSPS) is 18.3. The molecule has 0 saturated carbocycles. The fourth-order valence-electron chi connectivity index (χ4n) is 2.40. The molecule has 0 bridgehead atoms. The molecule has 2 N–H and O–H groups in total. The molecule has 0 aromatic heterocycles. The minimum absolute atomic E-state index is 0.0737. The van der Waals surface area contributed by atoms with Gasteiger partial charge in [-0.05, 0) is 36.6 Å². The minimum atomic E-state index is -0.510. The van der Waals surface area contributed by atoms with Crippen LogP contribution in [0.4, 0.5) is 4.39 Å². The number of ketones is 1. The zero-order chi connectivity index (χ0) is 13.9. The van der Waals surface area contributed by atoms with E-state index in [1.807, 2.05) is 0 Å². The maximum atomic E-state index is 13.2. The summed E-state index contributed by atoms with van der Waals surface area (Å²) in [4.78, 5) is 12.5. The van der Waals surface area contributed by atoms with Crippen molar-refractivity contribution in [1.29, 1.82) is 0 Å². The first kappa shape index (κ1) is 14.6. The summed E-state index contributed by atoms with van der Waals surface area (Å²) in [6.07, 6.45) is 1.50. The molecule has 1 heterocycles. The Hall–Kier alpha value is -0.780. The van der Waals surface area contributed by atoms with Gasteiger partial charge in [-0.1, -0.05) is 15.9 Å². The first-order valence-electron chi connectivity index (χ1n) is 6.32. The second kappa shape index (κ2) is 6.11. The average Bonchev–Trinajstić information content (AvgIpc) is 2.43. The number of nitrogens with two attached hydrogens (primary N) is 1. The highest BCUT2D eigenvalue weighted by molar-refractivity contribution is 9.10. The minimum Gasteiger partial charge on any atom is -0.381 e. The lowest BCUT2D eigenvalue weighted by molar-refractivity contribution is -0.132. The average molecular weight is 330 g/mol. The van der Waals surface area contributed by atoms with Crippen molar-refractivity contribution in [2.24, 2.45) is 11.1 Å². The Morgan fingerprint density at radius 2 is 2.11 bits per heavy atom. The Labute approximate surface area is 120 Å². The first-order valence-corrected chi connectivity index (χ1v) is 7.12. The standard InChI is InChI=1S/C14H17BrFNO2/c15-12-2-1-11(16)7-10(12)8-13(18)14(9-17)3-5-19-6-4-14/h1-2,7H,3-6,8-9,17H2. The monoisotopic (exact) mass is 329 g/mol. The van der Waals surface area contributed by atoms with Crippen LogP contribution < -0.4 is 5.73 Å². The van der Waals surface area contributed by atoms with Crippen molar-refractivity contribution in [3.63, 3.8) is 0 Å². The Kier molecular flexibility index (Phi) is 4.71. The van der Waals surface area contributed by atoms with E-state index < -0.39 is 5.41 Å². The summed E-state index contributed by atoms with van der Waals surface area (Å²) < 4.78 is 19.3. The number of Topliss-reactive ketones (excluding diaryl/α,β-unsaturated/α-hetero) is 1. The van der Waals surface area contributed by atoms with E-state index in [9.17, 15) is 9.18 Å². The second-order valence-electron chi connectivity index (χ2n) is 4.93. The van der Waals surface area contributed by atoms with Crippen molar-refractivity contribution in [3.8, 4) is 0 Å². The molecule has 1 aliphatic heterocycles. The van der Waals surface area contributed by atoms with Crippen LogP contribution in [0, 0.1) is 11.2 Å². The van der Waals surface area contributed by atoms with Gasteiger partial charge in [-0.15, -0.1) is 0 Å². The summed E-state index contributed by atoms with van der Waals surface area (Å²) in [7, 11) is 0. The molecule has 104 valence electrons. The van der Waals surface area contributed by atoms with Crippen LogP contribution in [0.1, 0.15) is 18.4 Å². The maximum Gasteiger partial charge on any atom is 0.144 e. The molecule has 1 aromatic carbocycles. The van der Waals surface area contributed by atoms with Crippen molar-refractivity contribution in [3.05, 3.63) is 34.1 Å². The van der Waals surface area contributed by atoms with Crippen LogP contribution >= 0.6 is 15.9 Å². The highest BCUT2D eigenvalue weighted by atomic mass is 79.9. The molecule has 2 rings (SSSR count). The van der Waals surface area contributed by atoms with Gasteiger partial charge in [0.1, 0.15) is 11.6 Å². The van der Waals surface area contributed by atoms with Crippen molar-refractivity contribution in [2.75, 3.05) is 19.8 Å². The first-order chi connectivity index (χ1) is 9.07. The van der Waals surface area contributed by atoms with Crippen LogP contribution in [0.3, 0.4) is 0 Å². The molecule has 19 heavy (non-hydrogen) atoms. The highest BCUT2D eigenvalue weighted by Gasteiger charge is 2.38. The van der Waals surface area contributed by atoms with Crippen molar-refractivity contribution >= 4 is 21.7 Å². The van der Waals surface area contributed by atoms with Crippen molar-refractivity contribution in [1.82, 2.24) is 0 Å². The van der Waals surface area contributed by atoms with E-state index in [1.165, 1.54) is 12.1 Å². The predicted octanol–water partition coefficient (Wildman–Crippen LogP) is 2.46. The topological polar surface area (TPSA) is 52.3 Å². The SMILES string of the molecule is NCC1(C(=O)Cc2cc(F)ccc2Br)CCOCC1. The number of hydrogen-bond donors (Lipinski definition) is 1. The molecule has 0 amide bonds. The number of ether oxygens (including phenoxy) is 1. The lowest BCUT2D eigenvalue weighted by Crippen LogP contribution is -2.44. The molecule has 0 aliphatic carbocycles. The fourth-order valence-corrected chi connectivity index (χ4v) is 2.79. The number of carbonyl (C=O) groups is 1. The Balaban J connectivity index is 2.17. The molecule has 0 unspecified atom stereocenters. The molecule has 0 atom stereocenters. The Morgan fingerprint density at radius 1 is 1.42 bits per heavy atom. The van der Waals surface area contributed by atoms with Crippen molar-refractivity contribution in [2.45, 2.75) is 19.3 Å². The lowest BCUT2D eigenvalue weighted by Gasteiger charge is -2.34. The Morgan fingerprint density at radius 3 is 2.74 bits per heavy atom. The fraction of sp³-hybridized carbons (Fsp3) is 0.500. The molecule has 1 aliphatic rings. The highest BCUT2D eigenvalue weighted by Crippen LogP contribution is 2.32. The zero-order valence-electron chi connectivity index (χ0n) is 10.6. The molecule has 1 aromatic rings. The van der Waals surface area contributed by atoms with Crippen LogP contribution in [-0.2, 0) is 16.0 Å². The van der Waals surface area contributed by atoms with Gasteiger partial charge in [0.15, 0.2) is 0 Å². The molecule has 3 nitrogen and oxygen atoms in total. The van der Waals surface area contributed by atoms with Gasteiger partial charge in [0.25, 0.3) is 0 Å². The molecule has 0 radical (unpaired) electrons. The van der Waals surface area contributed by atoms with Gasteiger partial charge in [0.05, 0.1) is 0 Å². The van der Waals surface area contributed by atoms with Crippen LogP contribution in [0.5, 0.6) is 0 Å². The molecule has 1 saturated heterocycles. The second-order valence-corrected chi connectivity index (χ2v) is 5.79. The van der Waals surface area contributed by atoms with E-state index in [-0.39, 0.29) is 18.0 Å². The van der Waals surface area contributed by atoms with Gasteiger partial charge in [-0.3, -0.25) is 4.79 Å². The molecule has 1 fully saturated rings. The van der Waals surface area contributed by atoms with Gasteiger partial charge in [-0.2, -0.15) is 0 Å². The van der Waals surface area contributed by atoms with E-state index >= 15 is 0 Å². The number of hydrogen-bond acceptors (Lipinski definition) is 3. The smallest absolute Gasteiger partial charge is 0.144 e.